The number of nitrogens with one attached hydrogen (secondary N) is 1. The first-order valence-electron chi connectivity index (χ1n) is 13.1. The van der Waals surface area contributed by atoms with E-state index in [-0.39, 0.29) is 5.91 Å². The predicted octanol–water partition coefficient (Wildman–Crippen LogP) is 6.75. The molecule has 0 saturated carbocycles. The molecule has 0 fully saturated rings. The predicted molar refractivity (Wildman–Crippen MR) is 144 cm³/mol. The molecule has 2 heterocycles. The van der Waals surface area contributed by atoms with Crippen molar-refractivity contribution in [3.63, 3.8) is 0 Å². The SMILES string of the molecule is CC(C)c1ccc(OCCCCn2c(CCCCCNC(=O)c3ccco3)nc3ccccc32)cc1. The molecular formula is C30H37N3O3. The number of aromatic nitrogens is 2. The van der Waals surface area contributed by atoms with E-state index in [2.05, 4.69) is 66.2 Å². The van der Waals surface area contributed by atoms with Crippen LogP contribution in [0.25, 0.3) is 11.0 Å². The van der Waals surface area contributed by atoms with Gasteiger partial charge in [0.15, 0.2) is 5.76 Å². The van der Waals surface area contributed by atoms with E-state index in [9.17, 15) is 4.79 Å². The van der Waals surface area contributed by atoms with Crippen LogP contribution >= 0.6 is 0 Å². The number of unbranched alkanes of at least 4 members (excludes halogenated alkanes) is 3. The summed E-state index contributed by atoms with van der Waals surface area (Å²) < 4.78 is 13.5. The molecule has 0 aliphatic heterocycles. The number of amides is 1. The fourth-order valence-corrected chi connectivity index (χ4v) is 4.36. The fourth-order valence-electron chi connectivity index (χ4n) is 4.36. The van der Waals surface area contributed by atoms with E-state index >= 15 is 0 Å². The van der Waals surface area contributed by atoms with Crippen molar-refractivity contribution < 1.29 is 13.9 Å². The number of furan rings is 1. The maximum atomic E-state index is 11.9. The normalized spacial score (nSPS) is 11.3. The first-order chi connectivity index (χ1) is 17.6. The summed E-state index contributed by atoms with van der Waals surface area (Å²) in [6, 6.07) is 20.2. The molecule has 4 aromatic rings. The van der Waals surface area contributed by atoms with E-state index in [1.54, 1.807) is 12.1 Å². The minimum atomic E-state index is -0.154. The average Bonchev–Trinajstić information content (AvgIpc) is 3.55. The zero-order chi connectivity index (χ0) is 25.2. The number of carbonyl (C=O) groups is 1. The molecule has 0 unspecified atom stereocenters. The maximum absolute atomic E-state index is 11.9. The highest BCUT2D eigenvalue weighted by Crippen LogP contribution is 2.20. The van der Waals surface area contributed by atoms with Gasteiger partial charge in [0, 0.05) is 19.5 Å². The molecule has 0 bridgehead atoms. The van der Waals surface area contributed by atoms with Gasteiger partial charge in [-0.1, -0.05) is 44.5 Å². The molecule has 0 aliphatic rings. The number of fused-ring (bicyclic) bond motifs is 1. The van der Waals surface area contributed by atoms with E-state index in [4.69, 9.17) is 14.1 Å². The summed E-state index contributed by atoms with van der Waals surface area (Å²) in [5, 5.41) is 2.91. The standard InChI is InChI=1S/C30H37N3O3/c1-23(2)24-15-17-25(18-16-24)35-21-9-8-20-33-27-12-6-5-11-26(27)32-29(33)14-4-3-7-19-31-30(34)28-13-10-22-36-28/h5-6,10-13,15-18,22-23H,3-4,7-9,14,19-21H2,1-2H3,(H,31,34). The Kier molecular flexibility index (Phi) is 9.20. The lowest BCUT2D eigenvalue weighted by atomic mass is 10.0. The van der Waals surface area contributed by atoms with E-state index in [0.717, 1.165) is 62.2 Å². The summed E-state index contributed by atoms with van der Waals surface area (Å²) >= 11 is 0. The molecular weight excluding hydrogens is 450 g/mol. The Morgan fingerprint density at radius 2 is 1.81 bits per heavy atom. The molecule has 2 aromatic carbocycles. The second-order valence-corrected chi connectivity index (χ2v) is 9.49. The number of aryl methyl sites for hydroxylation is 2. The second-order valence-electron chi connectivity index (χ2n) is 9.49. The van der Waals surface area contributed by atoms with Gasteiger partial charge in [-0.15, -0.1) is 0 Å². The first-order valence-corrected chi connectivity index (χ1v) is 13.1. The lowest BCUT2D eigenvalue weighted by Gasteiger charge is -2.11. The van der Waals surface area contributed by atoms with Crippen LogP contribution in [0.3, 0.4) is 0 Å². The molecule has 2 aromatic heterocycles. The number of hydrogen-bond donors (Lipinski definition) is 1. The molecule has 36 heavy (non-hydrogen) atoms. The summed E-state index contributed by atoms with van der Waals surface area (Å²) in [6.45, 7) is 6.70. The molecule has 4 rings (SSSR count). The summed E-state index contributed by atoms with van der Waals surface area (Å²) in [6.07, 6.45) is 7.48. The topological polar surface area (TPSA) is 69.3 Å². The zero-order valence-corrected chi connectivity index (χ0v) is 21.4. The van der Waals surface area contributed by atoms with Gasteiger partial charge in [-0.25, -0.2) is 4.98 Å². The molecule has 0 saturated heterocycles. The highest BCUT2D eigenvalue weighted by atomic mass is 16.5. The van der Waals surface area contributed by atoms with Gasteiger partial charge in [-0.05, 0) is 73.6 Å². The third-order valence-corrected chi connectivity index (χ3v) is 6.43. The van der Waals surface area contributed by atoms with Crippen molar-refractivity contribution in [2.24, 2.45) is 0 Å². The molecule has 0 spiro atoms. The Morgan fingerprint density at radius 3 is 2.58 bits per heavy atom. The number of rotatable bonds is 14. The van der Waals surface area contributed by atoms with E-state index in [1.165, 1.54) is 17.3 Å². The number of ether oxygens (including phenoxy) is 1. The van der Waals surface area contributed by atoms with Crippen molar-refractivity contribution in [2.45, 2.75) is 64.8 Å². The third-order valence-electron chi connectivity index (χ3n) is 6.43. The van der Waals surface area contributed by atoms with Gasteiger partial charge in [-0.3, -0.25) is 4.79 Å². The molecule has 1 N–H and O–H groups in total. The summed E-state index contributed by atoms with van der Waals surface area (Å²) in [5.74, 6) is 2.82. The smallest absolute Gasteiger partial charge is 0.286 e. The molecule has 6 nitrogen and oxygen atoms in total. The molecule has 6 heteroatoms. The largest absolute Gasteiger partial charge is 0.494 e. The highest BCUT2D eigenvalue weighted by molar-refractivity contribution is 5.91. The van der Waals surface area contributed by atoms with Crippen LogP contribution in [0.2, 0.25) is 0 Å². The number of carbonyl (C=O) groups excluding carboxylic acids is 1. The van der Waals surface area contributed by atoms with Crippen molar-refractivity contribution in [2.75, 3.05) is 13.2 Å². The zero-order valence-electron chi connectivity index (χ0n) is 21.4. The summed E-state index contributed by atoms with van der Waals surface area (Å²) in [5.41, 5.74) is 3.59. The van der Waals surface area contributed by atoms with Crippen LogP contribution in [0.5, 0.6) is 5.75 Å². The Labute approximate surface area is 213 Å². The van der Waals surface area contributed by atoms with Crippen LogP contribution in [0.1, 0.15) is 73.8 Å². The summed E-state index contributed by atoms with van der Waals surface area (Å²) in [7, 11) is 0. The van der Waals surface area contributed by atoms with Gasteiger partial charge in [0.2, 0.25) is 0 Å². The van der Waals surface area contributed by atoms with E-state index in [1.807, 2.05) is 6.07 Å². The number of imidazole rings is 1. The molecule has 0 radical (unpaired) electrons. The number of benzene rings is 2. The molecule has 0 aliphatic carbocycles. The van der Waals surface area contributed by atoms with Gasteiger partial charge < -0.3 is 19.0 Å². The van der Waals surface area contributed by atoms with Crippen LogP contribution in [0.4, 0.5) is 0 Å². The van der Waals surface area contributed by atoms with Crippen molar-refractivity contribution in [1.82, 2.24) is 14.9 Å². The quantitative estimate of drug-likeness (QED) is 0.200. The number of para-hydroxylation sites is 2. The van der Waals surface area contributed by atoms with E-state index in [0.29, 0.717) is 24.8 Å². The molecule has 1 amide bonds. The van der Waals surface area contributed by atoms with Gasteiger partial charge in [-0.2, -0.15) is 0 Å². The Morgan fingerprint density at radius 1 is 0.972 bits per heavy atom. The lowest BCUT2D eigenvalue weighted by Crippen LogP contribution is -2.23. The Bertz CT molecular complexity index is 1210. The summed E-state index contributed by atoms with van der Waals surface area (Å²) in [4.78, 5) is 16.9. The second kappa shape index (κ2) is 13.0. The minimum absolute atomic E-state index is 0.154. The van der Waals surface area contributed by atoms with Crippen molar-refractivity contribution in [3.05, 3.63) is 84.1 Å². The van der Waals surface area contributed by atoms with E-state index < -0.39 is 0 Å². The minimum Gasteiger partial charge on any atom is -0.494 e. The van der Waals surface area contributed by atoms with Gasteiger partial charge in [0.05, 0.1) is 23.9 Å². The fraction of sp³-hybridized carbons (Fsp3) is 0.400. The number of hydrogen-bond acceptors (Lipinski definition) is 4. The molecule has 190 valence electrons. The Balaban J connectivity index is 1.21. The van der Waals surface area contributed by atoms with Gasteiger partial charge >= 0.3 is 0 Å². The van der Waals surface area contributed by atoms with Gasteiger partial charge in [0.1, 0.15) is 11.6 Å². The van der Waals surface area contributed by atoms with Crippen molar-refractivity contribution in [3.8, 4) is 5.75 Å². The Hall–Kier alpha value is -3.54. The van der Waals surface area contributed by atoms with Crippen LogP contribution in [0.15, 0.2) is 71.3 Å². The van der Waals surface area contributed by atoms with Crippen molar-refractivity contribution >= 4 is 16.9 Å². The lowest BCUT2D eigenvalue weighted by molar-refractivity contribution is 0.0925. The van der Waals surface area contributed by atoms with Crippen LogP contribution in [-0.2, 0) is 13.0 Å². The van der Waals surface area contributed by atoms with Crippen LogP contribution in [0, 0.1) is 0 Å². The van der Waals surface area contributed by atoms with Crippen LogP contribution < -0.4 is 10.1 Å². The first kappa shape index (κ1) is 25.5. The van der Waals surface area contributed by atoms with Gasteiger partial charge in [0.25, 0.3) is 5.91 Å². The van der Waals surface area contributed by atoms with Crippen molar-refractivity contribution in [1.29, 1.82) is 0 Å². The maximum Gasteiger partial charge on any atom is 0.286 e. The molecule has 0 atom stereocenters. The van der Waals surface area contributed by atoms with Crippen LogP contribution in [-0.4, -0.2) is 28.6 Å². The monoisotopic (exact) mass is 487 g/mol. The number of nitrogens with zero attached hydrogens (tertiary/aromatic N) is 2. The third kappa shape index (κ3) is 7.00. The highest BCUT2D eigenvalue weighted by Gasteiger charge is 2.11. The average molecular weight is 488 g/mol.